The normalized spacial score (nSPS) is 15.1. The van der Waals surface area contributed by atoms with E-state index in [9.17, 15) is 4.79 Å². The van der Waals surface area contributed by atoms with Crippen LogP contribution in [0.25, 0.3) is 5.65 Å². The summed E-state index contributed by atoms with van der Waals surface area (Å²) < 4.78 is 7.17. The number of carbonyl (C=O) groups is 1. The van der Waals surface area contributed by atoms with Gasteiger partial charge in [0.15, 0.2) is 5.82 Å². The second-order valence-electron chi connectivity index (χ2n) is 6.51. The Labute approximate surface area is 145 Å². The fourth-order valence-electron chi connectivity index (χ4n) is 3.47. The van der Waals surface area contributed by atoms with E-state index in [1.165, 1.54) is 12.8 Å². The Hall–Kier alpha value is -2.70. The zero-order valence-corrected chi connectivity index (χ0v) is 14.2. The van der Waals surface area contributed by atoms with Crippen molar-refractivity contribution < 1.29 is 9.32 Å². The third-order valence-corrected chi connectivity index (χ3v) is 4.74. The van der Waals surface area contributed by atoms with Gasteiger partial charge in [-0.25, -0.2) is 4.98 Å². The topological polar surface area (TPSA) is 85.3 Å². The lowest BCUT2D eigenvalue weighted by Gasteiger charge is -2.04. The van der Waals surface area contributed by atoms with Gasteiger partial charge in [-0.1, -0.05) is 24.1 Å². The Balaban J connectivity index is 1.38. The van der Waals surface area contributed by atoms with Crippen molar-refractivity contribution in [2.75, 3.05) is 6.54 Å². The summed E-state index contributed by atoms with van der Waals surface area (Å²) in [6, 6.07) is 5.67. The minimum Gasteiger partial charge on any atom is -0.350 e. The lowest BCUT2D eigenvalue weighted by Crippen LogP contribution is -2.27. The van der Waals surface area contributed by atoms with E-state index in [0.717, 1.165) is 24.4 Å². The molecule has 0 bridgehead atoms. The fraction of sp³-hybridized carbons (Fsp3) is 0.444. The fourth-order valence-corrected chi connectivity index (χ4v) is 3.47. The number of rotatable bonds is 5. The second-order valence-corrected chi connectivity index (χ2v) is 6.51. The number of amides is 1. The summed E-state index contributed by atoms with van der Waals surface area (Å²) in [6.07, 6.45) is 7.13. The van der Waals surface area contributed by atoms with Crippen LogP contribution in [0.3, 0.4) is 0 Å². The number of fused-ring (bicyclic) bond motifs is 1. The van der Waals surface area contributed by atoms with E-state index in [4.69, 9.17) is 4.52 Å². The summed E-state index contributed by atoms with van der Waals surface area (Å²) in [5.41, 5.74) is 2.05. The molecule has 0 aliphatic heterocycles. The second kappa shape index (κ2) is 6.66. The zero-order chi connectivity index (χ0) is 17.2. The highest BCUT2D eigenvalue weighted by molar-refractivity contribution is 5.94. The van der Waals surface area contributed by atoms with Crippen LogP contribution >= 0.6 is 0 Å². The molecule has 7 heteroatoms. The van der Waals surface area contributed by atoms with E-state index in [1.807, 2.05) is 31.3 Å². The number of hydrogen-bond acceptors (Lipinski definition) is 5. The first-order valence-corrected chi connectivity index (χ1v) is 8.77. The molecular formula is C18H21N5O2. The SMILES string of the molecule is Cc1nc2ccccn2c1C(=O)NCCc1noc(C2CCCC2)n1. The number of pyridine rings is 1. The van der Waals surface area contributed by atoms with Gasteiger partial charge in [-0.2, -0.15) is 4.98 Å². The van der Waals surface area contributed by atoms with Crippen LogP contribution in [0.1, 0.15) is 59.5 Å². The summed E-state index contributed by atoms with van der Waals surface area (Å²) >= 11 is 0. The molecule has 0 saturated heterocycles. The largest absolute Gasteiger partial charge is 0.350 e. The molecular weight excluding hydrogens is 318 g/mol. The summed E-state index contributed by atoms with van der Waals surface area (Å²) in [5, 5.41) is 6.96. The Morgan fingerprint density at radius 1 is 1.32 bits per heavy atom. The Bertz CT molecular complexity index is 892. The summed E-state index contributed by atoms with van der Waals surface area (Å²) in [5.74, 6) is 1.67. The van der Waals surface area contributed by atoms with Crippen molar-refractivity contribution in [1.82, 2.24) is 24.8 Å². The molecule has 25 heavy (non-hydrogen) atoms. The molecule has 1 amide bonds. The van der Waals surface area contributed by atoms with Crippen LogP contribution in [-0.2, 0) is 6.42 Å². The van der Waals surface area contributed by atoms with Gasteiger partial charge in [0.1, 0.15) is 11.3 Å². The molecule has 130 valence electrons. The van der Waals surface area contributed by atoms with Crippen molar-refractivity contribution >= 4 is 11.6 Å². The molecule has 4 rings (SSSR count). The zero-order valence-electron chi connectivity index (χ0n) is 14.2. The molecule has 1 saturated carbocycles. The van der Waals surface area contributed by atoms with Crippen LogP contribution < -0.4 is 5.32 Å². The molecule has 1 fully saturated rings. The summed E-state index contributed by atoms with van der Waals surface area (Å²) in [4.78, 5) is 21.4. The maximum atomic E-state index is 12.5. The Morgan fingerprint density at radius 2 is 2.16 bits per heavy atom. The smallest absolute Gasteiger partial charge is 0.270 e. The van der Waals surface area contributed by atoms with E-state index >= 15 is 0 Å². The van der Waals surface area contributed by atoms with E-state index in [1.54, 1.807) is 4.40 Å². The van der Waals surface area contributed by atoms with Crippen LogP contribution in [-0.4, -0.2) is 32.0 Å². The Morgan fingerprint density at radius 3 is 3.00 bits per heavy atom. The van der Waals surface area contributed by atoms with E-state index < -0.39 is 0 Å². The molecule has 0 radical (unpaired) electrons. The molecule has 1 aliphatic rings. The number of carbonyl (C=O) groups excluding carboxylic acids is 1. The van der Waals surface area contributed by atoms with Gasteiger partial charge in [-0.05, 0) is 31.9 Å². The molecule has 1 N–H and O–H groups in total. The minimum atomic E-state index is -0.143. The van der Waals surface area contributed by atoms with E-state index in [2.05, 4.69) is 20.4 Å². The van der Waals surface area contributed by atoms with Crippen molar-refractivity contribution in [2.24, 2.45) is 0 Å². The van der Waals surface area contributed by atoms with Gasteiger partial charge in [0.25, 0.3) is 5.91 Å². The van der Waals surface area contributed by atoms with Crippen LogP contribution in [0.15, 0.2) is 28.9 Å². The van der Waals surface area contributed by atoms with Crippen molar-refractivity contribution in [3.8, 4) is 0 Å². The van der Waals surface area contributed by atoms with Gasteiger partial charge in [0, 0.05) is 25.1 Å². The van der Waals surface area contributed by atoms with E-state index in [-0.39, 0.29) is 5.91 Å². The van der Waals surface area contributed by atoms with E-state index in [0.29, 0.717) is 36.1 Å². The average molecular weight is 339 g/mol. The first kappa shape index (κ1) is 15.8. The number of aromatic nitrogens is 4. The molecule has 0 atom stereocenters. The molecule has 3 aromatic rings. The highest BCUT2D eigenvalue weighted by Gasteiger charge is 2.23. The van der Waals surface area contributed by atoms with Gasteiger partial charge in [-0.3, -0.25) is 9.20 Å². The molecule has 0 aromatic carbocycles. The van der Waals surface area contributed by atoms with Crippen LogP contribution in [0.2, 0.25) is 0 Å². The first-order valence-electron chi connectivity index (χ1n) is 8.77. The van der Waals surface area contributed by atoms with Gasteiger partial charge >= 0.3 is 0 Å². The number of nitrogens with one attached hydrogen (secondary N) is 1. The molecule has 3 heterocycles. The van der Waals surface area contributed by atoms with Gasteiger partial charge in [-0.15, -0.1) is 0 Å². The lowest BCUT2D eigenvalue weighted by atomic mass is 10.1. The molecule has 1 aliphatic carbocycles. The minimum absolute atomic E-state index is 0.143. The number of nitrogens with zero attached hydrogens (tertiary/aromatic N) is 4. The van der Waals surface area contributed by atoms with Gasteiger partial charge in [0.05, 0.1) is 5.69 Å². The number of aryl methyl sites for hydroxylation is 1. The van der Waals surface area contributed by atoms with Crippen LogP contribution in [0.5, 0.6) is 0 Å². The van der Waals surface area contributed by atoms with Crippen molar-refractivity contribution in [3.05, 3.63) is 47.5 Å². The summed E-state index contributed by atoms with van der Waals surface area (Å²) in [7, 11) is 0. The highest BCUT2D eigenvalue weighted by atomic mass is 16.5. The standard InChI is InChI=1S/C18H21N5O2/c1-12-16(23-11-5-4-8-15(23)20-12)17(24)19-10-9-14-21-18(25-22-14)13-6-2-3-7-13/h4-5,8,11,13H,2-3,6-7,9-10H2,1H3,(H,19,24). The highest BCUT2D eigenvalue weighted by Crippen LogP contribution is 2.32. The molecule has 3 aromatic heterocycles. The quantitative estimate of drug-likeness (QED) is 0.772. The summed E-state index contributed by atoms with van der Waals surface area (Å²) in [6.45, 7) is 2.30. The van der Waals surface area contributed by atoms with Crippen molar-refractivity contribution in [1.29, 1.82) is 0 Å². The van der Waals surface area contributed by atoms with Crippen molar-refractivity contribution in [3.63, 3.8) is 0 Å². The Kier molecular flexibility index (Phi) is 4.21. The maximum absolute atomic E-state index is 12.5. The first-order chi connectivity index (χ1) is 12.2. The lowest BCUT2D eigenvalue weighted by molar-refractivity contribution is 0.0947. The van der Waals surface area contributed by atoms with Gasteiger partial charge in [0.2, 0.25) is 5.89 Å². The number of imidazole rings is 1. The van der Waals surface area contributed by atoms with Crippen LogP contribution in [0.4, 0.5) is 0 Å². The van der Waals surface area contributed by atoms with Gasteiger partial charge < -0.3 is 9.84 Å². The molecule has 0 unspecified atom stereocenters. The predicted molar refractivity (Wildman–Crippen MR) is 91.5 cm³/mol. The third kappa shape index (κ3) is 3.14. The monoisotopic (exact) mass is 339 g/mol. The maximum Gasteiger partial charge on any atom is 0.270 e. The average Bonchev–Trinajstić information content (AvgIpc) is 3.33. The van der Waals surface area contributed by atoms with Crippen LogP contribution in [0, 0.1) is 6.92 Å². The predicted octanol–water partition coefficient (Wildman–Crippen LogP) is 2.66. The molecule has 0 spiro atoms. The molecule has 7 nitrogen and oxygen atoms in total. The number of hydrogen-bond donors (Lipinski definition) is 1. The third-order valence-electron chi connectivity index (χ3n) is 4.74. The van der Waals surface area contributed by atoms with Crippen molar-refractivity contribution in [2.45, 2.75) is 44.9 Å².